The van der Waals surface area contributed by atoms with Crippen LogP contribution in [0.25, 0.3) is 0 Å². The topological polar surface area (TPSA) is 70.6 Å². The van der Waals surface area contributed by atoms with Gasteiger partial charge in [0.25, 0.3) is 5.91 Å². The van der Waals surface area contributed by atoms with E-state index in [1.807, 2.05) is 29.2 Å². The highest BCUT2D eigenvalue weighted by Crippen LogP contribution is 2.20. The molecule has 0 spiro atoms. The summed E-state index contributed by atoms with van der Waals surface area (Å²) in [7, 11) is 0. The highest BCUT2D eigenvalue weighted by atomic mass is 16.5. The van der Waals surface area contributed by atoms with Gasteiger partial charge in [-0.05, 0) is 31.2 Å². The Morgan fingerprint density at radius 3 is 2.71 bits per heavy atom. The summed E-state index contributed by atoms with van der Waals surface area (Å²) in [6.07, 6.45) is 6.95. The molecule has 148 valence electrons. The molecule has 4 heterocycles. The zero-order valence-corrected chi connectivity index (χ0v) is 16.3. The van der Waals surface area contributed by atoms with Crippen molar-refractivity contribution in [3.63, 3.8) is 0 Å². The van der Waals surface area contributed by atoms with Crippen molar-refractivity contribution in [3.8, 4) is 5.75 Å². The van der Waals surface area contributed by atoms with E-state index < -0.39 is 0 Å². The number of piperazine rings is 1. The fraction of sp³-hybridized carbons (Fsp3) is 0.476. The molecule has 4 rings (SSSR count). The number of hydrogen-bond acceptors (Lipinski definition) is 6. The molecular weight excluding hydrogens is 354 g/mol. The van der Waals surface area contributed by atoms with Crippen molar-refractivity contribution in [1.29, 1.82) is 0 Å². The van der Waals surface area contributed by atoms with Gasteiger partial charge >= 0.3 is 0 Å². The van der Waals surface area contributed by atoms with Crippen LogP contribution in [-0.2, 0) is 0 Å². The second-order valence-corrected chi connectivity index (χ2v) is 7.50. The lowest BCUT2D eigenvalue weighted by molar-refractivity contribution is 0.0594. The number of nitrogens with one attached hydrogen (secondary N) is 1. The van der Waals surface area contributed by atoms with Crippen molar-refractivity contribution in [3.05, 3.63) is 48.4 Å². The van der Waals surface area contributed by atoms with Crippen LogP contribution in [0.5, 0.6) is 5.75 Å². The van der Waals surface area contributed by atoms with E-state index >= 15 is 0 Å². The number of hydrogen-bond donors (Lipinski definition) is 1. The third-order valence-corrected chi connectivity index (χ3v) is 5.35. The average molecular weight is 381 g/mol. The first-order valence-electron chi connectivity index (χ1n) is 9.99. The van der Waals surface area contributed by atoms with Gasteiger partial charge in [0.1, 0.15) is 17.7 Å². The third kappa shape index (κ3) is 4.42. The minimum absolute atomic E-state index is 0.0487. The molecule has 2 aliphatic rings. The first-order valence-corrected chi connectivity index (χ1v) is 9.99. The number of aromatic nitrogens is 2. The molecule has 2 aromatic heterocycles. The van der Waals surface area contributed by atoms with E-state index in [2.05, 4.69) is 27.1 Å². The lowest BCUT2D eigenvalue weighted by Gasteiger charge is -2.33. The summed E-state index contributed by atoms with van der Waals surface area (Å²) in [5.41, 5.74) is 0.651. The molecule has 1 N–H and O–H groups in total. The van der Waals surface area contributed by atoms with Gasteiger partial charge in [0.2, 0.25) is 0 Å². The fourth-order valence-electron chi connectivity index (χ4n) is 3.81. The first kappa shape index (κ1) is 18.7. The predicted octanol–water partition coefficient (Wildman–Crippen LogP) is 1.96. The van der Waals surface area contributed by atoms with Crippen LogP contribution in [0.2, 0.25) is 0 Å². The van der Waals surface area contributed by atoms with E-state index in [-0.39, 0.29) is 12.0 Å². The molecule has 2 saturated heterocycles. The van der Waals surface area contributed by atoms with Crippen molar-refractivity contribution in [2.24, 2.45) is 0 Å². The third-order valence-electron chi connectivity index (χ3n) is 5.35. The number of carbonyl (C=O) groups is 1. The number of nitrogens with zero attached hydrogens (tertiary/aromatic N) is 4. The molecule has 28 heavy (non-hydrogen) atoms. The van der Waals surface area contributed by atoms with Gasteiger partial charge in [-0.1, -0.05) is 0 Å². The molecule has 0 radical (unpaired) electrons. The summed E-state index contributed by atoms with van der Waals surface area (Å²) < 4.78 is 5.96. The van der Waals surface area contributed by atoms with E-state index in [1.165, 1.54) is 0 Å². The molecule has 0 bridgehead atoms. The van der Waals surface area contributed by atoms with Crippen LogP contribution in [-0.4, -0.2) is 65.6 Å². The minimum Gasteiger partial charge on any atom is -0.489 e. The molecule has 2 aromatic rings. The highest BCUT2D eigenvalue weighted by Gasteiger charge is 2.25. The Balaban J connectivity index is 1.31. The molecule has 2 fully saturated rings. The van der Waals surface area contributed by atoms with Gasteiger partial charge in [0, 0.05) is 64.0 Å². The van der Waals surface area contributed by atoms with Crippen LogP contribution in [0.4, 0.5) is 5.82 Å². The van der Waals surface area contributed by atoms with Crippen molar-refractivity contribution in [2.45, 2.75) is 31.9 Å². The second kappa shape index (κ2) is 8.56. The average Bonchev–Trinajstić information content (AvgIpc) is 2.75. The van der Waals surface area contributed by atoms with E-state index in [9.17, 15) is 4.79 Å². The Morgan fingerprint density at radius 2 is 2.04 bits per heavy atom. The van der Waals surface area contributed by atoms with Crippen LogP contribution in [0.3, 0.4) is 0 Å². The van der Waals surface area contributed by atoms with Gasteiger partial charge in [0.15, 0.2) is 0 Å². The predicted molar refractivity (Wildman–Crippen MR) is 108 cm³/mol. The Kier molecular flexibility index (Phi) is 5.71. The molecule has 0 unspecified atom stereocenters. The van der Waals surface area contributed by atoms with Gasteiger partial charge in [-0.2, -0.15) is 0 Å². The lowest BCUT2D eigenvalue weighted by atomic mass is 10.1. The number of likely N-dealkylation sites (tertiary alicyclic amines) is 1. The Labute approximate surface area is 165 Å². The van der Waals surface area contributed by atoms with Gasteiger partial charge < -0.3 is 19.9 Å². The molecule has 1 amide bonds. The zero-order chi connectivity index (χ0) is 19.3. The maximum atomic E-state index is 12.8. The number of rotatable bonds is 4. The standard InChI is InChI=1S/C21H27N5O2/c1-16-15-26(12-9-23-16)20-5-4-17(13-24-20)21(27)25-10-6-18(7-11-25)28-19-3-2-8-22-14-19/h2-5,8,13-14,16,18,23H,6-7,9-12,15H2,1H3/t16-/m1/s1. The Morgan fingerprint density at radius 1 is 1.18 bits per heavy atom. The highest BCUT2D eigenvalue weighted by molar-refractivity contribution is 5.94. The Hall–Kier alpha value is -2.67. The van der Waals surface area contributed by atoms with Crippen LogP contribution < -0.4 is 15.0 Å². The maximum absolute atomic E-state index is 12.8. The van der Waals surface area contributed by atoms with Gasteiger partial charge in [0.05, 0.1) is 11.8 Å². The number of piperidine rings is 1. The zero-order valence-electron chi connectivity index (χ0n) is 16.3. The quantitative estimate of drug-likeness (QED) is 0.873. The molecule has 0 aromatic carbocycles. The van der Waals surface area contributed by atoms with E-state index in [4.69, 9.17) is 4.74 Å². The number of anilines is 1. The molecule has 7 nitrogen and oxygen atoms in total. The van der Waals surface area contributed by atoms with Crippen molar-refractivity contribution in [1.82, 2.24) is 20.2 Å². The monoisotopic (exact) mass is 381 g/mol. The number of pyridine rings is 2. The molecule has 7 heteroatoms. The van der Waals surface area contributed by atoms with Crippen molar-refractivity contribution >= 4 is 11.7 Å². The van der Waals surface area contributed by atoms with E-state index in [1.54, 1.807) is 18.6 Å². The van der Waals surface area contributed by atoms with Crippen LogP contribution in [0, 0.1) is 0 Å². The largest absolute Gasteiger partial charge is 0.489 e. The summed E-state index contributed by atoms with van der Waals surface area (Å²) in [5.74, 6) is 1.77. The number of ether oxygens (including phenoxy) is 1. The van der Waals surface area contributed by atoms with E-state index in [0.717, 1.165) is 44.0 Å². The summed E-state index contributed by atoms with van der Waals surface area (Å²) in [4.78, 5) is 25.6. The fourth-order valence-corrected chi connectivity index (χ4v) is 3.81. The number of carbonyl (C=O) groups excluding carboxylic acids is 1. The lowest BCUT2D eigenvalue weighted by Crippen LogP contribution is -2.49. The van der Waals surface area contributed by atoms with Gasteiger partial charge in [-0.25, -0.2) is 4.98 Å². The SMILES string of the molecule is C[C@@H]1CN(c2ccc(C(=O)N3CCC(Oc4cccnc4)CC3)cn2)CCN1. The van der Waals surface area contributed by atoms with Gasteiger partial charge in [-0.15, -0.1) is 0 Å². The molecule has 0 saturated carbocycles. The van der Waals surface area contributed by atoms with Crippen LogP contribution in [0.15, 0.2) is 42.9 Å². The second-order valence-electron chi connectivity index (χ2n) is 7.50. The summed E-state index contributed by atoms with van der Waals surface area (Å²) in [6, 6.07) is 8.09. The van der Waals surface area contributed by atoms with E-state index in [0.29, 0.717) is 24.7 Å². The molecule has 1 atom stereocenters. The number of amides is 1. The summed E-state index contributed by atoms with van der Waals surface area (Å²) >= 11 is 0. The summed E-state index contributed by atoms with van der Waals surface area (Å²) in [6.45, 7) is 6.40. The van der Waals surface area contributed by atoms with Crippen LogP contribution >= 0.6 is 0 Å². The van der Waals surface area contributed by atoms with Crippen molar-refractivity contribution in [2.75, 3.05) is 37.6 Å². The summed E-state index contributed by atoms with van der Waals surface area (Å²) in [5, 5.41) is 3.43. The maximum Gasteiger partial charge on any atom is 0.255 e. The molecule has 2 aliphatic heterocycles. The minimum atomic E-state index is 0.0487. The smallest absolute Gasteiger partial charge is 0.255 e. The van der Waals surface area contributed by atoms with Crippen LogP contribution in [0.1, 0.15) is 30.1 Å². The normalized spacial score (nSPS) is 20.8. The van der Waals surface area contributed by atoms with Crippen molar-refractivity contribution < 1.29 is 9.53 Å². The molecule has 0 aliphatic carbocycles. The molecular formula is C21H27N5O2. The Bertz CT molecular complexity index is 775. The first-order chi connectivity index (χ1) is 13.7. The van der Waals surface area contributed by atoms with Gasteiger partial charge in [-0.3, -0.25) is 9.78 Å².